The maximum absolute atomic E-state index is 2.56. The summed E-state index contributed by atoms with van der Waals surface area (Å²) < 4.78 is 1.92. The Morgan fingerprint density at radius 3 is 1.74 bits per heavy atom. The molecule has 0 aromatic heterocycles. The van der Waals surface area contributed by atoms with E-state index in [-0.39, 0.29) is 8.88 Å². The number of rotatable bonds is 7. The Kier molecular flexibility index (Phi) is 9.69. The second-order valence-corrected chi connectivity index (χ2v) is 16.9. The first-order valence-corrected chi connectivity index (χ1v) is 17.7. The minimum Gasteiger partial charge on any atom is -0.0622 e. The van der Waals surface area contributed by atoms with E-state index >= 15 is 0 Å². The molecule has 0 aliphatic heterocycles. The van der Waals surface area contributed by atoms with Crippen LogP contribution < -0.4 is 5.30 Å². The Morgan fingerprint density at radius 1 is 0.619 bits per heavy atom. The van der Waals surface area contributed by atoms with E-state index in [4.69, 9.17) is 0 Å². The van der Waals surface area contributed by atoms with Gasteiger partial charge in [-0.3, -0.25) is 0 Å². The predicted octanol–water partition coefficient (Wildman–Crippen LogP) is 10.4. The Hall–Kier alpha value is -2.76. The van der Waals surface area contributed by atoms with E-state index in [9.17, 15) is 0 Å². The molecule has 2 heteroatoms. The van der Waals surface area contributed by atoms with Gasteiger partial charge in [0.25, 0.3) is 0 Å². The summed E-state index contributed by atoms with van der Waals surface area (Å²) in [4.78, 5) is 0. The Labute approximate surface area is 264 Å². The fourth-order valence-electron chi connectivity index (χ4n) is 6.10. The molecule has 6 rings (SSSR count). The van der Waals surface area contributed by atoms with Gasteiger partial charge in [0.05, 0.1) is 0 Å². The van der Waals surface area contributed by atoms with Crippen LogP contribution in [0.4, 0.5) is 0 Å². The Balaban J connectivity index is 0.000000211. The van der Waals surface area contributed by atoms with E-state index in [1.807, 2.05) is 0 Å². The molecule has 0 radical (unpaired) electrons. The van der Waals surface area contributed by atoms with Crippen LogP contribution in [0.1, 0.15) is 62.4 Å². The van der Waals surface area contributed by atoms with Crippen molar-refractivity contribution in [1.82, 2.24) is 0 Å². The van der Waals surface area contributed by atoms with Gasteiger partial charge in [0.1, 0.15) is 0 Å². The smallest absolute Gasteiger partial charge is 0.0238 e. The summed E-state index contributed by atoms with van der Waals surface area (Å²) in [5.41, 5.74) is 12.1. The molecule has 0 nitrogen and oxygen atoms in total. The minimum atomic E-state index is -0.397. The van der Waals surface area contributed by atoms with Gasteiger partial charge in [0.15, 0.2) is 0 Å². The van der Waals surface area contributed by atoms with E-state index in [2.05, 4.69) is 163 Å². The number of aryl methyl sites for hydroxylation is 3. The molecule has 0 heterocycles. The van der Waals surface area contributed by atoms with Crippen LogP contribution in [0.3, 0.4) is 0 Å². The molecule has 2 atom stereocenters. The molecule has 0 saturated carbocycles. The van der Waals surface area contributed by atoms with Gasteiger partial charge in [0.2, 0.25) is 0 Å². The van der Waals surface area contributed by atoms with Gasteiger partial charge in [-0.15, -0.1) is 0 Å². The Bertz CT molecular complexity index is 1590. The second-order valence-electron chi connectivity index (χ2n) is 12.1. The van der Waals surface area contributed by atoms with Gasteiger partial charge < -0.3 is 0 Å². The molecule has 2 aliphatic rings. The molecule has 0 fully saturated rings. The third-order valence-corrected chi connectivity index (χ3v) is 15.2. The topological polar surface area (TPSA) is 0 Å². The monoisotopic (exact) mass is 602 g/mol. The maximum atomic E-state index is 2.56. The zero-order chi connectivity index (χ0) is 29.7. The van der Waals surface area contributed by atoms with Gasteiger partial charge in [-0.25, -0.2) is 0 Å². The van der Waals surface area contributed by atoms with E-state index in [0.717, 1.165) is 21.4 Å². The van der Waals surface area contributed by atoms with E-state index in [1.165, 1.54) is 33.1 Å². The quantitative estimate of drug-likeness (QED) is 0.146. The zero-order valence-electron chi connectivity index (χ0n) is 26.0. The first-order chi connectivity index (χ1) is 20.2. The molecule has 4 aromatic rings. The molecule has 0 saturated heterocycles. The average Bonchev–Trinajstić information content (AvgIpc) is 3.44. The van der Waals surface area contributed by atoms with Gasteiger partial charge in [-0.1, -0.05) is 60.7 Å². The van der Waals surface area contributed by atoms with E-state index < -0.39 is 19.2 Å². The normalized spacial score (nSPS) is 18.8. The average molecular weight is 603 g/mol. The number of hydrogen-bond donors (Lipinski definition) is 0. The summed E-state index contributed by atoms with van der Waals surface area (Å²) in [6.45, 7) is 14.2. The number of hydrogen-bond acceptors (Lipinski definition) is 0. The van der Waals surface area contributed by atoms with Crippen LogP contribution in [0.25, 0.3) is 6.08 Å². The van der Waals surface area contributed by atoms with Crippen LogP contribution in [0.15, 0.2) is 136 Å². The zero-order valence-corrected chi connectivity index (χ0v) is 28.5. The largest absolute Gasteiger partial charge is 0.0622 e. The molecule has 0 N–H and O–H groups in total. The molecule has 0 bridgehead atoms. The number of fused-ring (bicyclic) bond motifs is 1. The Morgan fingerprint density at radius 2 is 1.17 bits per heavy atom. The van der Waals surface area contributed by atoms with Crippen molar-refractivity contribution < 1.29 is 19.2 Å². The van der Waals surface area contributed by atoms with E-state index in [0.29, 0.717) is 0 Å². The third kappa shape index (κ3) is 6.58. The van der Waals surface area contributed by atoms with Crippen molar-refractivity contribution in [2.75, 3.05) is 0 Å². The minimum absolute atomic E-state index is 0.182. The van der Waals surface area contributed by atoms with Crippen molar-refractivity contribution in [2.24, 2.45) is 5.41 Å². The van der Waals surface area contributed by atoms with Crippen molar-refractivity contribution in [3.8, 4) is 0 Å². The van der Waals surface area contributed by atoms with Crippen molar-refractivity contribution >= 4 is 20.0 Å². The van der Waals surface area contributed by atoms with Crippen molar-refractivity contribution in [3.63, 3.8) is 0 Å². The standard InChI is InChI=1S/C16H14P.C14H14.C10H15.Ti/c1-12-6-2-5-9-15(12)17-16-11-10-13-7-3-4-8-14(13)16;1-3-7-13(8-4-1)11-12-14-9-5-2-6-10-14;1-7-6-10(4,5)9(3)8(7)2;/h2-11,17H,1H3;1-10H,11-12H2;1-5H3;. The first kappa shape index (κ1) is 30.7. The van der Waals surface area contributed by atoms with Gasteiger partial charge in [0, 0.05) is 0 Å². The summed E-state index contributed by atoms with van der Waals surface area (Å²) in [5.74, 6) is 0. The summed E-state index contributed by atoms with van der Waals surface area (Å²) in [5, 5.41) is 1.52. The molecule has 42 heavy (non-hydrogen) atoms. The summed E-state index contributed by atoms with van der Waals surface area (Å²) in [6.07, 6.45) is 7.20. The molecular weight excluding hydrogens is 559 g/mol. The molecule has 212 valence electrons. The van der Waals surface area contributed by atoms with Crippen LogP contribution >= 0.6 is 8.58 Å². The van der Waals surface area contributed by atoms with Gasteiger partial charge in [-0.2, -0.15) is 0 Å². The van der Waals surface area contributed by atoms with Crippen LogP contribution in [-0.2, 0) is 35.5 Å². The second kappa shape index (κ2) is 13.3. The van der Waals surface area contributed by atoms with Crippen molar-refractivity contribution in [3.05, 3.63) is 164 Å². The van der Waals surface area contributed by atoms with Gasteiger partial charge in [-0.05, 0) is 24.0 Å². The van der Waals surface area contributed by atoms with Crippen molar-refractivity contribution in [1.29, 1.82) is 0 Å². The van der Waals surface area contributed by atoms with Crippen LogP contribution in [-0.4, -0.2) is 0 Å². The number of benzene rings is 4. The number of allylic oxidation sites excluding steroid dienone is 5. The molecule has 0 spiro atoms. The molecule has 2 aliphatic carbocycles. The van der Waals surface area contributed by atoms with Crippen LogP contribution in [0.2, 0.25) is 0 Å². The van der Waals surface area contributed by atoms with Crippen LogP contribution in [0.5, 0.6) is 0 Å². The summed E-state index contributed by atoms with van der Waals surface area (Å²) in [7, 11) is 0.787. The van der Waals surface area contributed by atoms with Crippen LogP contribution in [0, 0.1) is 12.3 Å². The molecule has 4 aromatic carbocycles. The molecule has 0 amide bonds. The molecular formula is C40H43PTi. The van der Waals surface area contributed by atoms with Crippen molar-refractivity contribution in [2.45, 2.75) is 57.8 Å². The fraction of sp³-hybridized carbons (Fsp3) is 0.250. The summed E-state index contributed by atoms with van der Waals surface area (Å²) in [6, 6.07) is 39.3. The fourth-order valence-corrected chi connectivity index (χ4v) is 11.8. The molecule has 2 unspecified atom stereocenters. The SMILES string of the molecule is CC1=C(C)C(C)(C)[C]([Ti][C]2(Pc3ccccc3C)C=Cc3ccccc32)=C1C.c1ccc(CCc2ccccc2)cc1. The summed E-state index contributed by atoms with van der Waals surface area (Å²) >= 11 is -0.397. The van der Waals surface area contributed by atoms with E-state index in [1.54, 1.807) is 20.6 Å². The maximum Gasteiger partial charge on any atom is -0.0238 e. The predicted molar refractivity (Wildman–Crippen MR) is 181 cm³/mol. The van der Waals surface area contributed by atoms with Gasteiger partial charge >= 0.3 is 181 Å². The first-order valence-electron chi connectivity index (χ1n) is 15.1. The third-order valence-electron chi connectivity index (χ3n) is 9.15.